The van der Waals surface area contributed by atoms with Crippen molar-refractivity contribution in [2.75, 3.05) is 13.4 Å². The first-order valence-corrected chi connectivity index (χ1v) is 12.8. The minimum atomic E-state index is -3.32. The molecule has 182 valence electrons. The quantitative estimate of drug-likeness (QED) is 0.653. The van der Waals surface area contributed by atoms with Gasteiger partial charge in [-0.25, -0.2) is 13.2 Å². The summed E-state index contributed by atoms with van der Waals surface area (Å²) in [4.78, 5) is 26.3. The summed E-state index contributed by atoms with van der Waals surface area (Å²) in [6.07, 6.45) is 10.7. The Bertz CT molecular complexity index is 1400. The summed E-state index contributed by atoms with van der Waals surface area (Å²) in [5.74, 6) is 0.799. The standard InChI is InChI=1S/C25H31N3O5S/c1-16-13-19(27-34(6,31)32)10-9-17(16)7-8-18-14-20(28-12-11-22(29)26-24(28)30)15-21(23(18)33-5)25(2,3)4/h7-12,14-16,27H,13H2,1-6H3,(H,26,29,30)/b8-7+. The van der Waals surface area contributed by atoms with Gasteiger partial charge in [-0.05, 0) is 41.5 Å². The second-order valence-corrected chi connectivity index (χ2v) is 11.3. The van der Waals surface area contributed by atoms with Crippen LogP contribution in [0, 0.1) is 5.92 Å². The molecule has 9 heteroatoms. The summed E-state index contributed by atoms with van der Waals surface area (Å²) in [6, 6.07) is 5.04. The van der Waals surface area contributed by atoms with E-state index < -0.39 is 21.3 Å². The van der Waals surface area contributed by atoms with Crippen LogP contribution in [0.3, 0.4) is 0 Å². The molecule has 0 amide bonds. The fourth-order valence-corrected chi connectivity index (χ4v) is 4.53. The van der Waals surface area contributed by atoms with Crippen LogP contribution in [0.25, 0.3) is 11.8 Å². The van der Waals surface area contributed by atoms with Crippen molar-refractivity contribution < 1.29 is 13.2 Å². The predicted octanol–water partition coefficient (Wildman–Crippen LogP) is 3.24. The number of nitrogens with one attached hydrogen (secondary N) is 2. The van der Waals surface area contributed by atoms with E-state index in [0.29, 0.717) is 23.6 Å². The van der Waals surface area contributed by atoms with Crippen molar-refractivity contribution in [1.82, 2.24) is 14.3 Å². The van der Waals surface area contributed by atoms with E-state index in [2.05, 4.69) is 30.5 Å². The molecule has 0 saturated heterocycles. The molecule has 8 nitrogen and oxygen atoms in total. The van der Waals surface area contributed by atoms with E-state index in [4.69, 9.17) is 4.74 Å². The molecular formula is C25H31N3O5S. The summed E-state index contributed by atoms with van der Waals surface area (Å²) in [5, 5.41) is 0. The number of nitrogens with zero attached hydrogens (tertiary/aromatic N) is 1. The zero-order valence-corrected chi connectivity index (χ0v) is 21.1. The summed E-state index contributed by atoms with van der Waals surface area (Å²) < 4.78 is 32.8. The first-order valence-electron chi connectivity index (χ1n) is 10.9. The molecule has 0 fully saturated rings. The molecule has 0 bridgehead atoms. The monoisotopic (exact) mass is 485 g/mol. The van der Waals surface area contributed by atoms with Crippen molar-refractivity contribution in [2.45, 2.75) is 39.5 Å². The van der Waals surface area contributed by atoms with Crippen LogP contribution in [0.4, 0.5) is 0 Å². The Labute approximate surface area is 199 Å². The van der Waals surface area contributed by atoms with Crippen LogP contribution in [-0.4, -0.2) is 31.3 Å². The highest BCUT2D eigenvalue weighted by molar-refractivity contribution is 7.88. The highest BCUT2D eigenvalue weighted by Gasteiger charge is 2.23. The minimum Gasteiger partial charge on any atom is -0.496 e. The molecule has 0 spiro atoms. The number of rotatable bonds is 6. The van der Waals surface area contributed by atoms with Crippen LogP contribution < -0.4 is 20.7 Å². The van der Waals surface area contributed by atoms with Crippen LogP contribution in [0.2, 0.25) is 0 Å². The largest absolute Gasteiger partial charge is 0.496 e. The highest BCUT2D eigenvalue weighted by atomic mass is 32.2. The van der Waals surface area contributed by atoms with Crippen LogP contribution in [0.1, 0.15) is 45.2 Å². The summed E-state index contributed by atoms with van der Waals surface area (Å²) in [5.41, 5.74) is 2.73. The van der Waals surface area contributed by atoms with Gasteiger partial charge in [-0.15, -0.1) is 0 Å². The number of aromatic nitrogens is 2. The fourth-order valence-electron chi connectivity index (χ4n) is 3.90. The molecule has 0 aliphatic heterocycles. The van der Waals surface area contributed by atoms with Gasteiger partial charge in [0.1, 0.15) is 5.75 Å². The molecule has 1 heterocycles. The van der Waals surface area contributed by atoms with E-state index in [-0.39, 0.29) is 11.3 Å². The van der Waals surface area contributed by atoms with Crippen LogP contribution in [0.5, 0.6) is 5.75 Å². The van der Waals surface area contributed by atoms with E-state index in [1.807, 2.05) is 37.3 Å². The van der Waals surface area contributed by atoms with Gasteiger partial charge < -0.3 is 4.74 Å². The lowest BCUT2D eigenvalue weighted by Gasteiger charge is -2.25. The zero-order chi connectivity index (χ0) is 25.3. The van der Waals surface area contributed by atoms with Crippen molar-refractivity contribution in [3.8, 4) is 11.4 Å². The highest BCUT2D eigenvalue weighted by Crippen LogP contribution is 2.37. The van der Waals surface area contributed by atoms with E-state index in [1.165, 1.54) is 16.8 Å². The van der Waals surface area contributed by atoms with Crippen LogP contribution in [-0.2, 0) is 15.4 Å². The number of aromatic amines is 1. The Hall–Kier alpha value is -3.33. The number of ether oxygens (including phenoxy) is 1. The molecule has 2 aromatic rings. The Morgan fingerprint density at radius 1 is 1.18 bits per heavy atom. The number of H-pyrrole nitrogens is 1. The molecule has 1 aliphatic carbocycles. The van der Waals surface area contributed by atoms with Gasteiger partial charge in [0.05, 0.1) is 19.1 Å². The fraction of sp³-hybridized carbons (Fsp3) is 0.360. The molecule has 0 saturated carbocycles. The van der Waals surface area contributed by atoms with Crippen molar-refractivity contribution in [3.63, 3.8) is 0 Å². The summed E-state index contributed by atoms with van der Waals surface area (Å²) in [6.45, 7) is 8.21. The molecule has 1 aliphatic rings. The topological polar surface area (TPSA) is 110 Å². The number of benzene rings is 1. The maximum absolute atomic E-state index is 12.4. The van der Waals surface area contributed by atoms with Gasteiger partial charge in [-0.2, -0.15) is 0 Å². The number of hydrogen-bond acceptors (Lipinski definition) is 5. The molecule has 0 radical (unpaired) electrons. The first-order chi connectivity index (χ1) is 15.8. The second kappa shape index (κ2) is 9.50. The predicted molar refractivity (Wildman–Crippen MR) is 135 cm³/mol. The lowest BCUT2D eigenvalue weighted by Crippen LogP contribution is -2.28. The Morgan fingerprint density at radius 2 is 1.88 bits per heavy atom. The average molecular weight is 486 g/mol. The minimum absolute atomic E-state index is 0.101. The van der Waals surface area contributed by atoms with Gasteiger partial charge in [0.25, 0.3) is 5.56 Å². The van der Waals surface area contributed by atoms with Gasteiger partial charge >= 0.3 is 5.69 Å². The Balaban J connectivity index is 2.11. The van der Waals surface area contributed by atoms with E-state index >= 15 is 0 Å². The van der Waals surface area contributed by atoms with Crippen LogP contribution >= 0.6 is 0 Å². The third-order valence-corrected chi connectivity index (χ3v) is 6.19. The lowest BCUT2D eigenvalue weighted by atomic mass is 9.84. The summed E-state index contributed by atoms with van der Waals surface area (Å²) >= 11 is 0. The average Bonchev–Trinajstić information content (AvgIpc) is 2.70. The third-order valence-electron chi connectivity index (χ3n) is 5.56. The molecule has 34 heavy (non-hydrogen) atoms. The second-order valence-electron chi connectivity index (χ2n) is 9.52. The normalized spacial score (nSPS) is 16.8. The number of methoxy groups -OCH3 is 1. The van der Waals surface area contributed by atoms with Gasteiger partial charge in [-0.3, -0.25) is 19.1 Å². The number of sulfonamides is 1. The molecule has 3 rings (SSSR count). The maximum Gasteiger partial charge on any atom is 0.332 e. The lowest BCUT2D eigenvalue weighted by molar-refractivity contribution is 0.396. The van der Waals surface area contributed by atoms with E-state index in [0.717, 1.165) is 23.0 Å². The molecular weight excluding hydrogens is 454 g/mol. The van der Waals surface area contributed by atoms with E-state index in [9.17, 15) is 18.0 Å². The first kappa shape index (κ1) is 25.3. The van der Waals surface area contributed by atoms with Gasteiger partial charge in [-0.1, -0.05) is 45.9 Å². The summed E-state index contributed by atoms with van der Waals surface area (Å²) in [7, 11) is -1.70. The van der Waals surface area contributed by atoms with Crippen LogP contribution in [0.15, 0.2) is 63.5 Å². The SMILES string of the molecule is COc1c(/C=C/C2=CC=C(NS(C)(=O)=O)CC2C)cc(-n2ccc(=O)[nH]c2=O)cc1C(C)(C)C. The molecule has 1 unspecified atom stereocenters. The smallest absolute Gasteiger partial charge is 0.332 e. The maximum atomic E-state index is 12.4. The zero-order valence-electron chi connectivity index (χ0n) is 20.3. The van der Waals surface area contributed by atoms with Gasteiger partial charge in [0.15, 0.2) is 0 Å². The Kier molecular flexibility index (Phi) is 7.07. The third kappa shape index (κ3) is 5.96. The number of hydrogen-bond donors (Lipinski definition) is 2. The molecule has 1 aromatic carbocycles. The van der Waals surface area contributed by atoms with Crippen molar-refractivity contribution in [2.24, 2.45) is 5.92 Å². The van der Waals surface area contributed by atoms with Crippen molar-refractivity contribution in [1.29, 1.82) is 0 Å². The van der Waals surface area contributed by atoms with Gasteiger partial charge in [0, 0.05) is 29.1 Å². The number of allylic oxidation sites excluding steroid dienone is 5. The van der Waals surface area contributed by atoms with E-state index in [1.54, 1.807) is 13.2 Å². The van der Waals surface area contributed by atoms with Crippen molar-refractivity contribution in [3.05, 3.63) is 85.9 Å². The van der Waals surface area contributed by atoms with Crippen molar-refractivity contribution >= 4 is 16.1 Å². The molecule has 2 N–H and O–H groups in total. The molecule has 1 aromatic heterocycles. The molecule has 1 atom stereocenters. The Morgan fingerprint density at radius 3 is 2.44 bits per heavy atom. The van der Waals surface area contributed by atoms with Gasteiger partial charge in [0.2, 0.25) is 10.0 Å².